The number of fused-ring (bicyclic) bond motifs is 2. The molecule has 0 fully saturated rings. The number of carbonyl (C=O) groups is 2. The van der Waals surface area contributed by atoms with Crippen LogP contribution in [0.5, 0.6) is 28.7 Å². The van der Waals surface area contributed by atoms with E-state index in [4.69, 9.17) is 14.2 Å². The van der Waals surface area contributed by atoms with E-state index in [2.05, 4.69) is 0 Å². The minimum absolute atomic E-state index is 0.0584. The molecule has 1 aliphatic heterocycles. The third-order valence-electron chi connectivity index (χ3n) is 4.12. The number of aryl methyl sites for hydroxylation is 1. The lowest BCUT2D eigenvalue weighted by Gasteiger charge is -2.15. The summed E-state index contributed by atoms with van der Waals surface area (Å²) in [6, 6.07) is 3.08. The molecule has 1 heterocycles. The monoisotopic (exact) mass is 328 g/mol. The van der Waals surface area contributed by atoms with Gasteiger partial charge in [-0.05, 0) is 38.5 Å². The molecule has 1 aliphatic rings. The maximum atomic E-state index is 12.6. The quantitative estimate of drug-likeness (QED) is 0.516. The van der Waals surface area contributed by atoms with Gasteiger partial charge in [0.1, 0.15) is 22.8 Å². The number of hydrogen-bond acceptors (Lipinski definition) is 6. The van der Waals surface area contributed by atoms with Gasteiger partial charge in [0.15, 0.2) is 17.8 Å². The van der Waals surface area contributed by atoms with Crippen molar-refractivity contribution in [1.82, 2.24) is 0 Å². The molecule has 124 valence electrons. The van der Waals surface area contributed by atoms with Crippen LogP contribution < -0.4 is 14.2 Å². The van der Waals surface area contributed by atoms with Crippen LogP contribution in [0.25, 0.3) is 0 Å². The summed E-state index contributed by atoms with van der Waals surface area (Å²) in [5, 5.41) is 10.0. The summed E-state index contributed by atoms with van der Waals surface area (Å²) >= 11 is 0. The zero-order chi connectivity index (χ0) is 17.6. The zero-order valence-corrected chi connectivity index (χ0v) is 13.7. The number of phenols is 1. The van der Waals surface area contributed by atoms with Gasteiger partial charge in [0.05, 0.1) is 12.7 Å². The molecular weight excluding hydrogens is 312 g/mol. The smallest absolute Gasteiger partial charge is 0.347 e. The molecule has 3 rings (SSSR count). The standard InChI is InChI=1S/C18H16O6/c1-8-5-12(22-4)9(2)17-14(8)18(21)24-16-10(3)15(20)11(7-19)6-13(16)23-17/h5-7,20H,1-4H3. The van der Waals surface area contributed by atoms with Crippen LogP contribution in [-0.4, -0.2) is 24.5 Å². The Morgan fingerprint density at radius 3 is 2.42 bits per heavy atom. The number of hydrogen-bond donors (Lipinski definition) is 1. The van der Waals surface area contributed by atoms with Crippen LogP contribution in [0.3, 0.4) is 0 Å². The Kier molecular flexibility index (Phi) is 3.67. The van der Waals surface area contributed by atoms with Crippen molar-refractivity contribution in [2.24, 2.45) is 0 Å². The van der Waals surface area contributed by atoms with Gasteiger partial charge in [0, 0.05) is 11.1 Å². The molecule has 0 spiro atoms. The molecule has 0 aliphatic carbocycles. The topological polar surface area (TPSA) is 82.1 Å². The molecule has 2 aromatic rings. The van der Waals surface area contributed by atoms with Crippen molar-refractivity contribution in [3.8, 4) is 28.7 Å². The van der Waals surface area contributed by atoms with Crippen molar-refractivity contribution in [3.63, 3.8) is 0 Å². The first kappa shape index (κ1) is 15.9. The first-order valence-electron chi connectivity index (χ1n) is 7.29. The van der Waals surface area contributed by atoms with Crippen molar-refractivity contribution >= 4 is 12.3 Å². The number of phenolic OH excluding ortho intramolecular Hbond substituents is 1. The summed E-state index contributed by atoms with van der Waals surface area (Å²) in [7, 11) is 1.53. The van der Waals surface area contributed by atoms with Crippen LogP contribution in [0, 0.1) is 20.8 Å². The van der Waals surface area contributed by atoms with Gasteiger partial charge in [-0.1, -0.05) is 0 Å². The highest BCUT2D eigenvalue weighted by atomic mass is 16.6. The molecule has 1 N–H and O–H groups in total. The van der Waals surface area contributed by atoms with Gasteiger partial charge in [0.2, 0.25) is 0 Å². The van der Waals surface area contributed by atoms with Gasteiger partial charge in [-0.25, -0.2) is 4.79 Å². The summed E-state index contributed by atoms with van der Waals surface area (Å²) in [5.41, 5.74) is 1.89. The van der Waals surface area contributed by atoms with E-state index in [0.29, 0.717) is 28.9 Å². The van der Waals surface area contributed by atoms with E-state index in [1.165, 1.54) is 13.2 Å². The second-order valence-corrected chi connectivity index (χ2v) is 5.60. The number of ether oxygens (including phenoxy) is 3. The summed E-state index contributed by atoms with van der Waals surface area (Å²) in [6.45, 7) is 5.07. The van der Waals surface area contributed by atoms with Gasteiger partial charge in [-0.3, -0.25) is 4.79 Å². The fraction of sp³-hybridized carbons (Fsp3) is 0.222. The van der Waals surface area contributed by atoms with Crippen LogP contribution in [0.2, 0.25) is 0 Å². The van der Waals surface area contributed by atoms with Gasteiger partial charge < -0.3 is 19.3 Å². The van der Waals surface area contributed by atoms with Crippen LogP contribution in [0.15, 0.2) is 12.1 Å². The third kappa shape index (κ3) is 2.19. The second kappa shape index (κ2) is 5.56. The van der Waals surface area contributed by atoms with Crippen molar-refractivity contribution in [3.05, 3.63) is 39.9 Å². The highest BCUT2D eigenvalue weighted by Gasteiger charge is 2.30. The van der Waals surface area contributed by atoms with Gasteiger partial charge in [-0.15, -0.1) is 0 Å². The fourth-order valence-corrected chi connectivity index (χ4v) is 2.78. The Hall–Kier alpha value is -3.02. The van der Waals surface area contributed by atoms with Crippen molar-refractivity contribution in [2.45, 2.75) is 20.8 Å². The zero-order valence-electron chi connectivity index (χ0n) is 13.7. The molecule has 0 bridgehead atoms. The fourth-order valence-electron chi connectivity index (χ4n) is 2.78. The van der Waals surface area contributed by atoms with Crippen molar-refractivity contribution in [2.75, 3.05) is 7.11 Å². The highest BCUT2D eigenvalue weighted by Crippen LogP contribution is 2.47. The number of benzene rings is 2. The molecule has 6 nitrogen and oxygen atoms in total. The SMILES string of the molecule is COc1cc(C)c2c(c1C)Oc1cc(C=O)c(O)c(C)c1OC2=O. The van der Waals surface area contributed by atoms with Crippen molar-refractivity contribution < 1.29 is 28.9 Å². The third-order valence-corrected chi connectivity index (χ3v) is 4.12. The minimum atomic E-state index is -0.589. The van der Waals surface area contributed by atoms with Crippen LogP contribution in [-0.2, 0) is 0 Å². The first-order valence-corrected chi connectivity index (χ1v) is 7.29. The number of esters is 1. The first-order chi connectivity index (χ1) is 11.4. The Morgan fingerprint density at radius 1 is 1.08 bits per heavy atom. The summed E-state index contributed by atoms with van der Waals surface area (Å²) in [6.07, 6.45) is 0.517. The molecule has 0 saturated carbocycles. The number of aromatic hydroxyl groups is 1. The summed E-state index contributed by atoms with van der Waals surface area (Å²) in [5.74, 6) is 0.351. The normalized spacial score (nSPS) is 12.4. The van der Waals surface area contributed by atoms with Crippen molar-refractivity contribution in [1.29, 1.82) is 0 Å². The molecule has 0 unspecified atom stereocenters. The number of rotatable bonds is 2. The molecule has 0 atom stereocenters. The lowest BCUT2D eigenvalue weighted by molar-refractivity contribution is 0.0735. The molecule has 0 radical (unpaired) electrons. The largest absolute Gasteiger partial charge is 0.507 e. The second-order valence-electron chi connectivity index (χ2n) is 5.60. The molecule has 24 heavy (non-hydrogen) atoms. The average Bonchev–Trinajstić information content (AvgIpc) is 2.71. The average molecular weight is 328 g/mol. The van der Waals surface area contributed by atoms with E-state index in [1.807, 2.05) is 0 Å². The Balaban J connectivity index is 2.31. The lowest BCUT2D eigenvalue weighted by atomic mass is 10.0. The minimum Gasteiger partial charge on any atom is -0.507 e. The molecule has 0 saturated heterocycles. The maximum Gasteiger partial charge on any atom is 0.347 e. The van der Waals surface area contributed by atoms with Gasteiger partial charge in [0.25, 0.3) is 0 Å². The summed E-state index contributed by atoms with van der Waals surface area (Å²) < 4.78 is 16.6. The molecule has 0 amide bonds. The van der Waals surface area contributed by atoms with E-state index in [0.717, 1.165) is 0 Å². The molecular formula is C18H16O6. The summed E-state index contributed by atoms with van der Waals surface area (Å²) in [4.78, 5) is 23.7. The number of carbonyl (C=O) groups excluding carboxylic acids is 2. The van der Waals surface area contributed by atoms with Gasteiger partial charge >= 0.3 is 5.97 Å². The maximum absolute atomic E-state index is 12.6. The lowest BCUT2D eigenvalue weighted by Crippen LogP contribution is -2.11. The van der Waals surface area contributed by atoms with E-state index >= 15 is 0 Å². The van der Waals surface area contributed by atoms with E-state index < -0.39 is 5.97 Å². The molecule has 2 aromatic carbocycles. The predicted molar refractivity (Wildman–Crippen MR) is 85.7 cm³/mol. The van der Waals surface area contributed by atoms with E-state index in [-0.39, 0.29) is 33.9 Å². The Bertz CT molecular complexity index is 882. The Labute approximate surface area is 138 Å². The van der Waals surface area contributed by atoms with Crippen LogP contribution in [0.1, 0.15) is 37.4 Å². The Morgan fingerprint density at radius 2 is 1.79 bits per heavy atom. The number of aldehydes is 1. The van der Waals surface area contributed by atoms with E-state index in [1.54, 1.807) is 26.8 Å². The molecule has 0 aromatic heterocycles. The van der Waals surface area contributed by atoms with Gasteiger partial charge in [-0.2, -0.15) is 0 Å². The highest BCUT2D eigenvalue weighted by molar-refractivity contribution is 5.98. The van der Waals surface area contributed by atoms with Crippen LogP contribution in [0.4, 0.5) is 0 Å². The predicted octanol–water partition coefficient (Wildman–Crippen LogP) is 3.46. The van der Waals surface area contributed by atoms with Crippen LogP contribution >= 0.6 is 0 Å². The van der Waals surface area contributed by atoms with E-state index in [9.17, 15) is 14.7 Å². The number of methoxy groups -OCH3 is 1. The molecule has 6 heteroatoms.